The molecule has 0 aliphatic carbocycles. The van der Waals surface area contributed by atoms with Gasteiger partial charge in [0.2, 0.25) is 0 Å². The van der Waals surface area contributed by atoms with Gasteiger partial charge in [-0.05, 0) is 5.56 Å². The third-order valence-electron chi connectivity index (χ3n) is 2.03. The fourth-order valence-electron chi connectivity index (χ4n) is 1.25. The van der Waals surface area contributed by atoms with Gasteiger partial charge in [0.1, 0.15) is 0 Å². The summed E-state index contributed by atoms with van der Waals surface area (Å²) in [5.74, 6) is 0. The van der Waals surface area contributed by atoms with E-state index in [0.717, 1.165) is 5.56 Å². The molecule has 0 amide bonds. The zero-order valence-corrected chi connectivity index (χ0v) is 10.7. The largest absolute Gasteiger partial charge is 0.387 e. The molecular formula is C10H15NO4S2. The van der Waals surface area contributed by atoms with Crippen molar-refractivity contribution in [3.8, 4) is 0 Å². The highest BCUT2D eigenvalue weighted by Gasteiger charge is 2.05. The second-order valence-corrected chi connectivity index (χ2v) is 5.74. The molecular weight excluding hydrogens is 262 g/mol. The van der Waals surface area contributed by atoms with Crippen LogP contribution in [0.1, 0.15) is 11.7 Å². The molecule has 0 aliphatic heterocycles. The van der Waals surface area contributed by atoms with E-state index >= 15 is 0 Å². The maximum absolute atomic E-state index is 10.6. The van der Waals surface area contributed by atoms with Gasteiger partial charge in [-0.3, -0.25) is 8.74 Å². The summed E-state index contributed by atoms with van der Waals surface area (Å²) in [7, 11) is -3.55. The van der Waals surface area contributed by atoms with Crippen LogP contribution < -0.4 is 5.32 Å². The van der Waals surface area contributed by atoms with E-state index in [2.05, 4.69) is 20.7 Å². The molecule has 96 valence electrons. The Balaban J connectivity index is 2.19. The van der Waals surface area contributed by atoms with Crippen molar-refractivity contribution in [3.63, 3.8) is 0 Å². The molecule has 0 saturated carbocycles. The highest BCUT2D eigenvalue weighted by atomic mass is 32.9. The lowest BCUT2D eigenvalue weighted by Gasteiger charge is -2.11. The average molecular weight is 277 g/mol. The van der Waals surface area contributed by atoms with Crippen LogP contribution in [0.3, 0.4) is 0 Å². The highest BCUT2D eigenvalue weighted by Crippen LogP contribution is 2.10. The summed E-state index contributed by atoms with van der Waals surface area (Å²) >= 11 is 4.15. The van der Waals surface area contributed by atoms with Crippen LogP contribution in [0.2, 0.25) is 0 Å². The summed E-state index contributed by atoms with van der Waals surface area (Å²) in [6, 6.07) is 9.22. The Bertz CT molecular complexity index is 421. The van der Waals surface area contributed by atoms with Gasteiger partial charge in [0.25, 0.3) is 9.05 Å². The summed E-state index contributed by atoms with van der Waals surface area (Å²) < 4.78 is 23.7. The molecule has 0 fully saturated rings. The second-order valence-electron chi connectivity index (χ2n) is 3.38. The van der Waals surface area contributed by atoms with Gasteiger partial charge in [0, 0.05) is 24.3 Å². The number of nitrogens with one attached hydrogen (secondary N) is 1. The molecule has 0 aromatic heterocycles. The Morgan fingerprint density at radius 3 is 2.65 bits per heavy atom. The molecule has 3 N–H and O–H groups in total. The lowest BCUT2D eigenvalue weighted by Crippen LogP contribution is -2.26. The first-order valence-electron chi connectivity index (χ1n) is 5.04. The molecule has 1 aromatic carbocycles. The van der Waals surface area contributed by atoms with Crippen molar-refractivity contribution < 1.29 is 18.1 Å². The summed E-state index contributed by atoms with van der Waals surface area (Å²) in [6.45, 7) is 0.718. The Morgan fingerprint density at radius 2 is 2.06 bits per heavy atom. The molecule has 0 bridgehead atoms. The van der Waals surface area contributed by atoms with Crippen molar-refractivity contribution in [3.05, 3.63) is 35.9 Å². The fraction of sp³-hybridized carbons (Fsp3) is 0.400. The van der Waals surface area contributed by atoms with Crippen molar-refractivity contribution in [1.82, 2.24) is 5.32 Å². The van der Waals surface area contributed by atoms with Gasteiger partial charge in [-0.2, -0.15) is 4.21 Å². The fourth-order valence-corrected chi connectivity index (χ4v) is 1.75. The first-order chi connectivity index (χ1) is 7.99. The van der Waals surface area contributed by atoms with E-state index in [1.54, 1.807) is 0 Å². The second kappa shape index (κ2) is 7.00. The van der Waals surface area contributed by atoms with E-state index in [0.29, 0.717) is 13.1 Å². The number of hydrogen-bond acceptors (Lipinski definition) is 5. The van der Waals surface area contributed by atoms with Crippen LogP contribution in [0.4, 0.5) is 0 Å². The smallest absolute Gasteiger partial charge is 0.266 e. The Hall–Kier alpha value is -0.570. The normalized spacial score (nSPS) is 16.4. The number of hydrogen-bond donors (Lipinski definition) is 3. The maximum atomic E-state index is 10.6. The SMILES string of the molecule is O=S(O)(=S)OCCNC[C@@H](O)c1ccccc1. The Labute approximate surface area is 106 Å². The number of aliphatic hydroxyl groups excluding tert-OH is 1. The van der Waals surface area contributed by atoms with Crippen molar-refractivity contribution >= 4 is 20.2 Å². The number of benzene rings is 1. The van der Waals surface area contributed by atoms with Gasteiger partial charge >= 0.3 is 0 Å². The van der Waals surface area contributed by atoms with E-state index in [1.807, 2.05) is 30.3 Å². The van der Waals surface area contributed by atoms with Crippen LogP contribution in [0, 0.1) is 0 Å². The lowest BCUT2D eigenvalue weighted by molar-refractivity contribution is 0.172. The third-order valence-corrected chi connectivity index (χ3v) is 2.79. The predicted octanol–water partition coefficient (Wildman–Crippen LogP) is 0.461. The molecule has 0 aliphatic rings. The molecule has 2 atom stereocenters. The summed E-state index contributed by atoms with van der Waals surface area (Å²) in [5.41, 5.74) is 0.815. The molecule has 0 heterocycles. The van der Waals surface area contributed by atoms with E-state index in [4.69, 9.17) is 4.55 Å². The van der Waals surface area contributed by atoms with Crippen molar-refractivity contribution in [2.75, 3.05) is 19.7 Å². The molecule has 1 aromatic rings. The minimum absolute atomic E-state index is 0.0281. The average Bonchev–Trinajstić information content (AvgIpc) is 2.28. The van der Waals surface area contributed by atoms with E-state index in [-0.39, 0.29) is 6.61 Å². The van der Waals surface area contributed by atoms with Crippen LogP contribution in [-0.4, -0.2) is 33.6 Å². The van der Waals surface area contributed by atoms with Gasteiger partial charge < -0.3 is 10.4 Å². The van der Waals surface area contributed by atoms with Gasteiger partial charge in [0.05, 0.1) is 12.7 Å². The molecule has 1 unspecified atom stereocenters. The first kappa shape index (κ1) is 14.5. The topological polar surface area (TPSA) is 78.8 Å². The molecule has 0 saturated heterocycles. The van der Waals surface area contributed by atoms with Gasteiger partial charge in [0.15, 0.2) is 0 Å². The van der Waals surface area contributed by atoms with Gasteiger partial charge in [-0.25, -0.2) is 0 Å². The van der Waals surface area contributed by atoms with Crippen molar-refractivity contribution in [2.45, 2.75) is 6.10 Å². The minimum atomic E-state index is -3.55. The highest BCUT2D eigenvalue weighted by molar-refractivity contribution is 8.27. The minimum Gasteiger partial charge on any atom is -0.387 e. The van der Waals surface area contributed by atoms with Crippen molar-refractivity contribution in [1.29, 1.82) is 0 Å². The molecule has 1 rings (SSSR count). The monoisotopic (exact) mass is 277 g/mol. The quantitative estimate of drug-likeness (QED) is 0.629. The van der Waals surface area contributed by atoms with Gasteiger partial charge in [-0.15, -0.1) is 0 Å². The maximum Gasteiger partial charge on any atom is 0.266 e. The Morgan fingerprint density at radius 1 is 1.41 bits per heavy atom. The Kier molecular flexibility index (Phi) is 5.96. The first-order valence-corrected chi connectivity index (χ1v) is 7.41. The van der Waals surface area contributed by atoms with Crippen LogP contribution in [0.5, 0.6) is 0 Å². The number of rotatable bonds is 7. The summed E-state index contributed by atoms with van der Waals surface area (Å²) in [6.07, 6.45) is -0.613. The van der Waals surface area contributed by atoms with E-state index < -0.39 is 15.2 Å². The van der Waals surface area contributed by atoms with Crippen LogP contribution in [0.25, 0.3) is 0 Å². The third kappa shape index (κ3) is 6.67. The zero-order valence-electron chi connectivity index (χ0n) is 9.11. The zero-order chi connectivity index (χ0) is 12.7. The van der Waals surface area contributed by atoms with Gasteiger partial charge in [-0.1, -0.05) is 30.3 Å². The molecule has 0 spiro atoms. The molecule has 17 heavy (non-hydrogen) atoms. The summed E-state index contributed by atoms with van der Waals surface area (Å²) in [5, 5.41) is 12.6. The van der Waals surface area contributed by atoms with Crippen molar-refractivity contribution in [2.24, 2.45) is 0 Å². The van der Waals surface area contributed by atoms with E-state index in [9.17, 15) is 9.32 Å². The van der Waals surface area contributed by atoms with Crippen LogP contribution in [0.15, 0.2) is 30.3 Å². The predicted molar refractivity (Wildman–Crippen MR) is 68.4 cm³/mol. The standard InChI is InChI=1S/C10H15NO4S2/c12-10(9-4-2-1-3-5-9)8-11-6-7-15-17(13,14)16/h1-5,10-12H,6-8H2,(H,13,14,16)/t10-/m1/s1. The van der Waals surface area contributed by atoms with E-state index in [1.165, 1.54) is 0 Å². The molecule has 0 radical (unpaired) electrons. The lowest BCUT2D eigenvalue weighted by atomic mass is 10.1. The molecule has 7 heteroatoms. The molecule has 5 nitrogen and oxygen atoms in total. The van der Waals surface area contributed by atoms with Crippen LogP contribution in [-0.2, 0) is 24.4 Å². The number of aliphatic hydroxyl groups is 1. The summed E-state index contributed by atoms with van der Waals surface area (Å²) in [4.78, 5) is 0. The van der Waals surface area contributed by atoms with Crippen LogP contribution >= 0.6 is 0 Å².